The molecule has 6 nitrogen and oxygen atoms in total. The van der Waals surface area contributed by atoms with Gasteiger partial charge in [-0.2, -0.15) is 0 Å². The van der Waals surface area contributed by atoms with Crippen molar-refractivity contribution in [1.82, 2.24) is 4.90 Å². The van der Waals surface area contributed by atoms with Crippen LogP contribution in [0.2, 0.25) is 0 Å². The van der Waals surface area contributed by atoms with E-state index in [1.54, 1.807) is 18.2 Å². The van der Waals surface area contributed by atoms with Gasteiger partial charge in [-0.25, -0.2) is 0 Å². The summed E-state index contributed by atoms with van der Waals surface area (Å²) in [7, 11) is 0. The molecular formula is C21H30N2O4. The maximum atomic E-state index is 12.8. The van der Waals surface area contributed by atoms with Crippen LogP contribution in [0.25, 0.3) is 0 Å². The number of phenols is 1. The van der Waals surface area contributed by atoms with Crippen molar-refractivity contribution in [3.05, 3.63) is 41.2 Å². The van der Waals surface area contributed by atoms with Crippen LogP contribution in [0, 0.1) is 5.92 Å². The van der Waals surface area contributed by atoms with Crippen LogP contribution in [0.4, 0.5) is 0 Å². The van der Waals surface area contributed by atoms with Gasteiger partial charge in [-0.05, 0) is 31.4 Å². The Morgan fingerprint density at radius 1 is 1.15 bits per heavy atom. The fourth-order valence-electron chi connectivity index (χ4n) is 3.47. The molecule has 0 saturated heterocycles. The molecule has 2 rings (SSSR count). The van der Waals surface area contributed by atoms with Gasteiger partial charge >= 0.3 is 0 Å². The molecular weight excluding hydrogens is 344 g/mol. The van der Waals surface area contributed by atoms with Crippen molar-refractivity contribution in [2.75, 3.05) is 13.1 Å². The van der Waals surface area contributed by atoms with Gasteiger partial charge in [0.2, 0.25) is 0 Å². The zero-order valence-electron chi connectivity index (χ0n) is 16.1. The summed E-state index contributed by atoms with van der Waals surface area (Å²) in [5, 5.41) is 20.8. The summed E-state index contributed by atoms with van der Waals surface area (Å²) in [6.45, 7) is 4.87. The number of hydrogen-bond donors (Lipinski definition) is 3. The van der Waals surface area contributed by atoms with Crippen molar-refractivity contribution in [2.24, 2.45) is 11.7 Å². The van der Waals surface area contributed by atoms with E-state index in [9.17, 15) is 19.8 Å². The molecule has 0 aliphatic carbocycles. The number of unbranched alkanes of at least 4 members (excludes halogenated alkanes) is 3. The van der Waals surface area contributed by atoms with Crippen molar-refractivity contribution in [3.8, 4) is 5.75 Å². The molecule has 1 aromatic carbocycles. The Labute approximate surface area is 160 Å². The molecule has 27 heavy (non-hydrogen) atoms. The van der Waals surface area contributed by atoms with Crippen LogP contribution in [-0.4, -0.2) is 39.9 Å². The Morgan fingerprint density at radius 3 is 2.44 bits per heavy atom. The zero-order valence-corrected chi connectivity index (χ0v) is 16.1. The topological polar surface area (TPSA) is 104 Å². The second-order valence-corrected chi connectivity index (χ2v) is 7.45. The second kappa shape index (κ2) is 9.55. The highest BCUT2D eigenvalue weighted by Gasteiger charge is 2.43. The second-order valence-electron chi connectivity index (χ2n) is 7.45. The average Bonchev–Trinajstić information content (AvgIpc) is 2.86. The number of para-hydroxylation sites is 1. The Hall–Kier alpha value is -2.34. The number of amides is 1. The van der Waals surface area contributed by atoms with Crippen LogP contribution in [0.15, 0.2) is 35.6 Å². The monoisotopic (exact) mass is 374 g/mol. The van der Waals surface area contributed by atoms with Crippen molar-refractivity contribution in [2.45, 2.75) is 52.0 Å². The van der Waals surface area contributed by atoms with Gasteiger partial charge in [0, 0.05) is 18.5 Å². The molecule has 6 heteroatoms. The first kappa shape index (κ1) is 21.0. The summed E-state index contributed by atoms with van der Waals surface area (Å²) in [5.41, 5.74) is 6.07. The third kappa shape index (κ3) is 4.89. The van der Waals surface area contributed by atoms with E-state index in [0.717, 1.165) is 25.7 Å². The predicted molar refractivity (Wildman–Crippen MR) is 104 cm³/mol. The van der Waals surface area contributed by atoms with Crippen LogP contribution in [0.3, 0.4) is 0 Å². The standard InChI is InChI=1S/C21H30N2O4/c1-14(2)13-17(25)18-19(15-9-5-6-10-16(15)24)23(21(27)20(18)26)12-8-4-3-7-11-22/h5-6,9-10,14,19,24,26H,3-4,7-8,11-13,22H2,1-2H3. The lowest BCUT2D eigenvalue weighted by Crippen LogP contribution is -2.32. The quantitative estimate of drug-likeness (QED) is 0.546. The Morgan fingerprint density at radius 2 is 1.81 bits per heavy atom. The van der Waals surface area contributed by atoms with E-state index in [1.165, 1.54) is 11.0 Å². The van der Waals surface area contributed by atoms with Gasteiger partial charge in [0.05, 0.1) is 11.6 Å². The molecule has 1 atom stereocenters. The minimum absolute atomic E-state index is 0.00739. The maximum Gasteiger partial charge on any atom is 0.290 e. The fourth-order valence-corrected chi connectivity index (χ4v) is 3.47. The van der Waals surface area contributed by atoms with E-state index in [-0.39, 0.29) is 29.4 Å². The van der Waals surface area contributed by atoms with Crippen LogP contribution >= 0.6 is 0 Å². The number of carbonyl (C=O) groups is 2. The summed E-state index contributed by atoms with van der Waals surface area (Å²) >= 11 is 0. The minimum atomic E-state index is -0.751. The minimum Gasteiger partial charge on any atom is -0.508 e. The zero-order chi connectivity index (χ0) is 20.0. The lowest BCUT2D eigenvalue weighted by atomic mass is 9.91. The average molecular weight is 374 g/mol. The number of Topliss-reactive ketones (excluding diaryl/α,β-unsaturated/α-hetero) is 1. The molecule has 1 amide bonds. The number of aromatic hydroxyl groups is 1. The van der Waals surface area contributed by atoms with Gasteiger partial charge in [-0.3, -0.25) is 9.59 Å². The molecule has 0 radical (unpaired) electrons. The highest BCUT2D eigenvalue weighted by atomic mass is 16.3. The number of rotatable bonds is 10. The Bertz CT molecular complexity index is 712. The smallest absolute Gasteiger partial charge is 0.290 e. The largest absolute Gasteiger partial charge is 0.508 e. The molecule has 1 heterocycles. The van der Waals surface area contributed by atoms with Gasteiger partial charge in [-0.15, -0.1) is 0 Å². The number of ketones is 1. The van der Waals surface area contributed by atoms with E-state index < -0.39 is 17.7 Å². The summed E-state index contributed by atoms with van der Waals surface area (Å²) < 4.78 is 0. The van der Waals surface area contributed by atoms with E-state index in [0.29, 0.717) is 18.7 Å². The number of hydrogen-bond acceptors (Lipinski definition) is 5. The summed E-state index contributed by atoms with van der Waals surface area (Å²) in [4.78, 5) is 27.0. The molecule has 4 N–H and O–H groups in total. The van der Waals surface area contributed by atoms with Gasteiger partial charge in [0.25, 0.3) is 5.91 Å². The van der Waals surface area contributed by atoms with Gasteiger partial charge in [-0.1, -0.05) is 44.9 Å². The molecule has 1 aromatic rings. The number of phenolic OH excluding ortho intramolecular Hbond substituents is 1. The van der Waals surface area contributed by atoms with E-state index in [2.05, 4.69) is 0 Å². The molecule has 0 bridgehead atoms. The van der Waals surface area contributed by atoms with Crippen molar-refractivity contribution in [1.29, 1.82) is 0 Å². The predicted octanol–water partition coefficient (Wildman–Crippen LogP) is 3.22. The summed E-state index contributed by atoms with van der Waals surface area (Å²) in [6, 6.07) is 5.90. The lowest BCUT2D eigenvalue weighted by molar-refractivity contribution is -0.129. The Kier molecular flexibility index (Phi) is 7.42. The normalized spacial score (nSPS) is 17.3. The van der Waals surface area contributed by atoms with Crippen molar-refractivity contribution < 1.29 is 19.8 Å². The molecule has 1 aliphatic rings. The van der Waals surface area contributed by atoms with E-state index in [1.807, 2.05) is 13.8 Å². The van der Waals surface area contributed by atoms with Crippen molar-refractivity contribution in [3.63, 3.8) is 0 Å². The summed E-state index contributed by atoms with van der Waals surface area (Å²) in [5.74, 6) is -1.18. The van der Waals surface area contributed by atoms with Crippen molar-refractivity contribution >= 4 is 11.7 Å². The van der Waals surface area contributed by atoms with Crippen LogP contribution in [0.1, 0.15) is 57.6 Å². The van der Waals surface area contributed by atoms with Crippen LogP contribution in [-0.2, 0) is 9.59 Å². The number of benzene rings is 1. The fraction of sp³-hybridized carbons (Fsp3) is 0.524. The molecule has 0 spiro atoms. The third-order valence-corrected chi connectivity index (χ3v) is 4.78. The number of aliphatic hydroxyl groups is 1. The third-order valence-electron chi connectivity index (χ3n) is 4.78. The number of nitrogens with zero attached hydrogens (tertiary/aromatic N) is 1. The van der Waals surface area contributed by atoms with Gasteiger partial charge < -0.3 is 20.8 Å². The van der Waals surface area contributed by atoms with E-state index >= 15 is 0 Å². The Balaban J connectivity index is 2.32. The maximum absolute atomic E-state index is 12.8. The molecule has 148 valence electrons. The lowest BCUT2D eigenvalue weighted by Gasteiger charge is -2.27. The highest BCUT2D eigenvalue weighted by Crippen LogP contribution is 2.41. The first-order valence-electron chi connectivity index (χ1n) is 9.63. The number of carbonyl (C=O) groups excluding carboxylic acids is 2. The van der Waals surface area contributed by atoms with Crippen LogP contribution in [0.5, 0.6) is 5.75 Å². The molecule has 0 fully saturated rings. The van der Waals surface area contributed by atoms with Crippen LogP contribution < -0.4 is 5.73 Å². The number of nitrogens with two attached hydrogens (primary N) is 1. The molecule has 1 unspecified atom stereocenters. The molecule has 0 saturated carbocycles. The summed E-state index contributed by atoms with van der Waals surface area (Å²) in [6.07, 6.45) is 3.79. The first-order valence-corrected chi connectivity index (χ1v) is 9.63. The first-order chi connectivity index (χ1) is 12.9. The number of aliphatic hydroxyl groups excluding tert-OH is 1. The van der Waals surface area contributed by atoms with E-state index in [4.69, 9.17) is 5.73 Å². The van der Waals surface area contributed by atoms with Gasteiger partial charge in [0.15, 0.2) is 11.5 Å². The molecule has 1 aliphatic heterocycles. The highest BCUT2D eigenvalue weighted by molar-refractivity contribution is 6.09. The SMILES string of the molecule is CC(C)CC(=O)C1=C(O)C(=O)N(CCCCCCN)C1c1ccccc1O. The molecule has 0 aromatic heterocycles. The van der Waals surface area contributed by atoms with Gasteiger partial charge in [0.1, 0.15) is 5.75 Å².